The minimum Gasteiger partial charge on any atom is -0.387 e. The van der Waals surface area contributed by atoms with E-state index < -0.39 is 20.0 Å². The zero-order chi connectivity index (χ0) is 36.1. The number of hydrogen-bond acceptors (Lipinski definition) is 6. The Morgan fingerprint density at radius 3 is 1.80 bits per heavy atom. The van der Waals surface area contributed by atoms with Crippen molar-refractivity contribution in [3.63, 3.8) is 0 Å². The number of nitrogens with two attached hydrogens (primary N) is 1. The zero-order valence-corrected chi connectivity index (χ0v) is 31.5. The molecule has 0 spiro atoms. The molecule has 0 fully saturated rings. The summed E-state index contributed by atoms with van der Waals surface area (Å²) in [5.41, 5.74) is 5.35. The minimum atomic E-state index is -4.36. The van der Waals surface area contributed by atoms with Crippen molar-refractivity contribution in [2.45, 2.75) is 142 Å². The number of aliphatic hydroxyl groups is 1. The molecular weight excluding hydrogens is 635 g/mol. The van der Waals surface area contributed by atoms with Gasteiger partial charge in [0.1, 0.15) is 0 Å². The molecule has 3 atom stereocenters. The first-order chi connectivity index (χ1) is 23.9. The number of amides is 1. The van der Waals surface area contributed by atoms with E-state index in [4.69, 9.17) is 14.8 Å². The van der Waals surface area contributed by atoms with Gasteiger partial charge < -0.3 is 21.1 Å². The van der Waals surface area contributed by atoms with Crippen molar-refractivity contribution < 1.29 is 28.4 Å². The Morgan fingerprint density at radius 2 is 1.20 bits per heavy atom. The molecule has 8 nitrogen and oxygen atoms in total. The van der Waals surface area contributed by atoms with Gasteiger partial charge in [-0.15, -0.1) is 0 Å². The number of aliphatic hydroxyl groups excluding tert-OH is 1. The van der Waals surface area contributed by atoms with Crippen molar-refractivity contribution in [1.29, 1.82) is 0 Å². The molecule has 0 aromatic heterocycles. The minimum absolute atomic E-state index is 0.0602. The van der Waals surface area contributed by atoms with Crippen LogP contribution in [0, 0.1) is 0 Å². The Morgan fingerprint density at radius 1 is 0.694 bits per heavy atom. The lowest BCUT2D eigenvalue weighted by atomic mass is 10.1. The van der Waals surface area contributed by atoms with Crippen molar-refractivity contribution in [2.24, 2.45) is 5.73 Å². The molecule has 280 valence electrons. The van der Waals surface area contributed by atoms with Crippen LogP contribution in [-0.4, -0.2) is 47.8 Å². The van der Waals surface area contributed by atoms with Crippen LogP contribution in [-0.2, 0) is 18.4 Å². The maximum absolute atomic E-state index is 12.7. The highest BCUT2D eigenvalue weighted by Gasteiger charge is 2.26. The van der Waals surface area contributed by atoms with Crippen LogP contribution in [0.2, 0.25) is 0 Å². The number of phosphoric ester groups is 1. The van der Waals surface area contributed by atoms with Gasteiger partial charge in [-0.25, -0.2) is 4.57 Å². The Hall–Kier alpha value is -2.32. The van der Waals surface area contributed by atoms with E-state index in [0.717, 1.165) is 70.6 Å². The summed E-state index contributed by atoms with van der Waals surface area (Å²) in [6.45, 7) is 3.90. The van der Waals surface area contributed by atoms with Crippen molar-refractivity contribution in [1.82, 2.24) is 5.32 Å². The maximum atomic E-state index is 12.7. The molecular formula is C40H69N2O6P. The van der Waals surface area contributed by atoms with E-state index in [9.17, 15) is 19.4 Å². The van der Waals surface area contributed by atoms with Gasteiger partial charge in [-0.3, -0.25) is 13.8 Å². The molecule has 0 rings (SSSR count). The average Bonchev–Trinajstić information content (AvgIpc) is 3.09. The van der Waals surface area contributed by atoms with Crippen LogP contribution >= 0.6 is 7.82 Å². The summed E-state index contributed by atoms with van der Waals surface area (Å²) in [5.74, 6) is -0.254. The van der Waals surface area contributed by atoms with E-state index in [0.29, 0.717) is 6.42 Å². The van der Waals surface area contributed by atoms with Crippen LogP contribution in [0.5, 0.6) is 0 Å². The second-order valence-electron chi connectivity index (χ2n) is 12.0. The molecule has 0 heterocycles. The van der Waals surface area contributed by atoms with Gasteiger partial charge in [-0.05, 0) is 83.5 Å². The van der Waals surface area contributed by atoms with E-state index in [2.05, 4.69) is 92.1 Å². The molecule has 1 amide bonds. The van der Waals surface area contributed by atoms with E-state index in [1.54, 1.807) is 6.08 Å². The summed E-state index contributed by atoms with van der Waals surface area (Å²) in [6, 6.07) is -0.908. The predicted molar refractivity (Wildman–Crippen MR) is 207 cm³/mol. The largest absolute Gasteiger partial charge is 0.472 e. The molecule has 9 heteroatoms. The fourth-order valence-corrected chi connectivity index (χ4v) is 5.38. The van der Waals surface area contributed by atoms with Crippen molar-refractivity contribution in [3.05, 3.63) is 85.1 Å². The molecule has 0 aliphatic rings. The van der Waals surface area contributed by atoms with E-state index in [1.807, 2.05) is 6.08 Å². The smallest absolute Gasteiger partial charge is 0.387 e. The van der Waals surface area contributed by atoms with Crippen molar-refractivity contribution >= 4 is 13.7 Å². The molecule has 3 unspecified atom stereocenters. The highest BCUT2D eigenvalue weighted by Crippen LogP contribution is 2.43. The molecule has 0 saturated heterocycles. The summed E-state index contributed by atoms with van der Waals surface area (Å²) < 4.78 is 22.0. The average molecular weight is 705 g/mol. The number of hydrogen-bond donors (Lipinski definition) is 4. The molecule has 0 aliphatic carbocycles. The Bertz CT molecular complexity index is 1030. The molecule has 5 N–H and O–H groups in total. The summed E-state index contributed by atoms with van der Waals surface area (Å²) in [6.07, 6.45) is 46.3. The van der Waals surface area contributed by atoms with Gasteiger partial charge in [0.2, 0.25) is 5.91 Å². The second kappa shape index (κ2) is 35.5. The van der Waals surface area contributed by atoms with Gasteiger partial charge in [0.05, 0.1) is 25.4 Å². The monoisotopic (exact) mass is 704 g/mol. The number of allylic oxidation sites excluding steroid dienone is 13. The van der Waals surface area contributed by atoms with Gasteiger partial charge in [-0.2, -0.15) is 0 Å². The highest BCUT2D eigenvalue weighted by molar-refractivity contribution is 7.47. The van der Waals surface area contributed by atoms with Crippen LogP contribution in [0.4, 0.5) is 0 Å². The quantitative estimate of drug-likeness (QED) is 0.0304. The number of unbranched alkanes of at least 4 members (excludes halogenated alkanes) is 9. The molecule has 0 aliphatic heterocycles. The Kier molecular flexibility index (Phi) is 33.8. The molecule has 0 radical (unpaired) electrons. The third kappa shape index (κ3) is 33.9. The van der Waals surface area contributed by atoms with Crippen molar-refractivity contribution in [2.75, 3.05) is 19.8 Å². The lowest BCUT2D eigenvalue weighted by Gasteiger charge is -2.23. The van der Waals surface area contributed by atoms with Gasteiger partial charge in [-0.1, -0.05) is 125 Å². The fraction of sp³-hybridized carbons (Fsp3) is 0.625. The number of carbonyl (C=O) groups is 1. The van der Waals surface area contributed by atoms with E-state index >= 15 is 0 Å². The van der Waals surface area contributed by atoms with Crippen LogP contribution in [0.3, 0.4) is 0 Å². The van der Waals surface area contributed by atoms with Gasteiger partial charge in [0.15, 0.2) is 0 Å². The first-order valence-corrected chi connectivity index (χ1v) is 20.2. The van der Waals surface area contributed by atoms with Crippen LogP contribution in [0.15, 0.2) is 85.1 Å². The molecule has 0 bridgehead atoms. The number of phosphoric acid groups is 1. The van der Waals surface area contributed by atoms with Crippen LogP contribution in [0.25, 0.3) is 0 Å². The summed E-state index contributed by atoms with van der Waals surface area (Å²) in [5, 5.41) is 13.5. The third-order valence-electron chi connectivity index (χ3n) is 7.43. The highest BCUT2D eigenvalue weighted by atomic mass is 31.2. The number of rotatable bonds is 33. The van der Waals surface area contributed by atoms with Gasteiger partial charge >= 0.3 is 7.82 Å². The van der Waals surface area contributed by atoms with Crippen molar-refractivity contribution in [3.8, 4) is 0 Å². The molecule has 0 aromatic rings. The van der Waals surface area contributed by atoms with Crippen LogP contribution in [0.1, 0.15) is 129 Å². The topological polar surface area (TPSA) is 131 Å². The molecule has 0 saturated carbocycles. The van der Waals surface area contributed by atoms with Crippen LogP contribution < -0.4 is 11.1 Å². The summed E-state index contributed by atoms with van der Waals surface area (Å²) in [4.78, 5) is 22.6. The lowest BCUT2D eigenvalue weighted by molar-refractivity contribution is -0.123. The number of carbonyl (C=O) groups excluding carboxylic acids is 1. The SMILES string of the molecule is CC/C=C\C/C=C\C/C=C\C/C=C\CCCCC(=O)NC(COP(=O)(O)OCCN)C(O)/C=C/CC/C=C/CC/C=C/CCCCCCC. The van der Waals surface area contributed by atoms with E-state index in [-0.39, 0.29) is 32.1 Å². The predicted octanol–water partition coefficient (Wildman–Crippen LogP) is 9.88. The van der Waals surface area contributed by atoms with E-state index in [1.165, 1.54) is 32.1 Å². The third-order valence-corrected chi connectivity index (χ3v) is 8.42. The first-order valence-electron chi connectivity index (χ1n) is 18.7. The fourth-order valence-electron chi connectivity index (χ4n) is 4.62. The summed E-state index contributed by atoms with van der Waals surface area (Å²) in [7, 11) is -4.36. The first kappa shape index (κ1) is 46.7. The van der Waals surface area contributed by atoms with Gasteiger partial charge in [0, 0.05) is 13.0 Å². The normalized spacial score (nSPS) is 15.3. The maximum Gasteiger partial charge on any atom is 0.472 e. The Labute approximate surface area is 299 Å². The second-order valence-corrected chi connectivity index (χ2v) is 13.5. The Balaban J connectivity index is 4.52. The van der Waals surface area contributed by atoms with Gasteiger partial charge in [0.25, 0.3) is 0 Å². The molecule has 0 aromatic carbocycles. The zero-order valence-electron chi connectivity index (χ0n) is 30.6. The number of nitrogens with one attached hydrogen (secondary N) is 1. The summed E-state index contributed by atoms with van der Waals surface area (Å²) >= 11 is 0. The standard InChI is InChI=1S/C40H69N2O6P/c1-3-5-7-9-11-13-15-17-19-21-23-25-27-29-31-33-39(43)38(37-48-49(45,46)47-36-35-41)42-40(44)34-32-30-28-26-24-22-20-18-16-14-12-10-8-6-4-2/h6,8,12,14-15,17-18,20,23-26,31,33,38-39,43H,3-5,7,9-11,13,16,19,21-22,27-30,32,34-37,41H2,1-2H3,(H,42,44)(H,45,46)/b8-6-,14-12-,17-15+,20-18-,25-23+,26-24-,33-31+. The lowest BCUT2D eigenvalue weighted by Crippen LogP contribution is -2.45. The molecule has 49 heavy (non-hydrogen) atoms.